The van der Waals surface area contributed by atoms with Crippen molar-refractivity contribution in [3.63, 3.8) is 0 Å². The fourth-order valence-electron chi connectivity index (χ4n) is 7.51. The zero-order chi connectivity index (χ0) is 32.3. The largest absolute Gasteiger partial charge is 0.456 e. The number of nitrogens with zero attached hydrogens (tertiary/aromatic N) is 2. The summed E-state index contributed by atoms with van der Waals surface area (Å²) in [6.07, 6.45) is 0. The van der Waals surface area contributed by atoms with E-state index in [1.54, 1.807) is 0 Å². The summed E-state index contributed by atoms with van der Waals surface area (Å²) < 4.78 is 8.74. The highest BCUT2D eigenvalue weighted by molar-refractivity contribution is 6.21. The molecule has 0 N–H and O–H groups in total. The lowest BCUT2D eigenvalue weighted by molar-refractivity contribution is 0.669. The van der Waals surface area contributed by atoms with E-state index < -0.39 is 0 Å². The average molecular weight is 627 g/mol. The van der Waals surface area contributed by atoms with Crippen LogP contribution in [-0.2, 0) is 0 Å². The van der Waals surface area contributed by atoms with Crippen LogP contribution in [-0.4, -0.2) is 4.57 Å². The van der Waals surface area contributed by atoms with Crippen LogP contribution in [0.1, 0.15) is 0 Å². The fourth-order valence-corrected chi connectivity index (χ4v) is 7.51. The van der Waals surface area contributed by atoms with Crippen LogP contribution in [0.5, 0.6) is 0 Å². The second-order valence-corrected chi connectivity index (χ2v) is 12.6. The first-order valence-corrected chi connectivity index (χ1v) is 16.7. The van der Waals surface area contributed by atoms with E-state index in [0.717, 1.165) is 44.7 Å². The van der Waals surface area contributed by atoms with Gasteiger partial charge in [-0.3, -0.25) is 0 Å². The van der Waals surface area contributed by atoms with Crippen molar-refractivity contribution in [2.24, 2.45) is 0 Å². The number of fused-ring (bicyclic) bond motifs is 8. The van der Waals surface area contributed by atoms with Crippen LogP contribution in [0.3, 0.4) is 0 Å². The molecule has 0 aliphatic rings. The van der Waals surface area contributed by atoms with Gasteiger partial charge in [-0.15, -0.1) is 0 Å². The van der Waals surface area contributed by atoms with Gasteiger partial charge >= 0.3 is 0 Å². The van der Waals surface area contributed by atoms with Gasteiger partial charge in [-0.1, -0.05) is 109 Å². The Balaban J connectivity index is 1.17. The molecule has 3 heteroatoms. The van der Waals surface area contributed by atoms with Crippen LogP contribution in [0.4, 0.5) is 17.1 Å². The minimum absolute atomic E-state index is 0.876. The summed E-state index contributed by atoms with van der Waals surface area (Å²) in [7, 11) is 0. The Morgan fingerprint density at radius 1 is 0.388 bits per heavy atom. The molecule has 0 fully saturated rings. The van der Waals surface area contributed by atoms with E-state index in [-0.39, 0.29) is 0 Å². The molecule has 10 aromatic rings. The highest BCUT2D eigenvalue weighted by Crippen LogP contribution is 2.42. The Labute approximate surface area is 283 Å². The van der Waals surface area contributed by atoms with Gasteiger partial charge in [-0.25, -0.2) is 0 Å². The van der Waals surface area contributed by atoms with Crippen LogP contribution in [0, 0.1) is 0 Å². The number of anilines is 3. The van der Waals surface area contributed by atoms with E-state index in [9.17, 15) is 0 Å². The number of benzene rings is 8. The van der Waals surface area contributed by atoms with Crippen LogP contribution < -0.4 is 4.90 Å². The Bertz CT molecular complexity index is 2810. The molecule has 8 aromatic carbocycles. The first kappa shape index (κ1) is 27.5. The van der Waals surface area contributed by atoms with Gasteiger partial charge in [-0.05, 0) is 88.6 Å². The van der Waals surface area contributed by atoms with Crippen molar-refractivity contribution in [3.8, 4) is 16.8 Å². The molecule has 0 unspecified atom stereocenters. The highest BCUT2D eigenvalue weighted by Gasteiger charge is 2.19. The smallest absolute Gasteiger partial charge is 0.137 e. The molecule has 2 heterocycles. The van der Waals surface area contributed by atoms with Gasteiger partial charge in [0.25, 0.3) is 0 Å². The molecule has 0 atom stereocenters. The third-order valence-corrected chi connectivity index (χ3v) is 9.76. The lowest BCUT2D eigenvalue weighted by Gasteiger charge is -2.26. The molecule has 3 nitrogen and oxygen atoms in total. The Hall–Kier alpha value is -6.58. The summed E-state index contributed by atoms with van der Waals surface area (Å²) in [5, 5.41) is 7.20. The van der Waals surface area contributed by atoms with E-state index >= 15 is 0 Å². The predicted molar refractivity (Wildman–Crippen MR) is 206 cm³/mol. The zero-order valence-corrected chi connectivity index (χ0v) is 26.6. The van der Waals surface area contributed by atoms with Gasteiger partial charge in [0.2, 0.25) is 0 Å². The molecule has 0 amide bonds. The molecule has 10 rings (SSSR count). The van der Waals surface area contributed by atoms with E-state index in [4.69, 9.17) is 4.42 Å². The van der Waals surface area contributed by atoms with Gasteiger partial charge in [0.05, 0.1) is 11.0 Å². The summed E-state index contributed by atoms with van der Waals surface area (Å²) in [5.41, 5.74) is 10.9. The molecule has 230 valence electrons. The number of rotatable bonds is 5. The summed E-state index contributed by atoms with van der Waals surface area (Å²) >= 11 is 0. The zero-order valence-electron chi connectivity index (χ0n) is 26.6. The Morgan fingerprint density at radius 3 is 1.82 bits per heavy atom. The van der Waals surface area contributed by atoms with Crippen molar-refractivity contribution in [2.75, 3.05) is 4.90 Å². The number of hydrogen-bond donors (Lipinski definition) is 0. The number of aromatic nitrogens is 1. The number of furan rings is 1. The van der Waals surface area contributed by atoms with Crippen molar-refractivity contribution in [1.29, 1.82) is 0 Å². The van der Waals surface area contributed by atoms with Crippen LogP contribution in [0.2, 0.25) is 0 Å². The van der Waals surface area contributed by atoms with Gasteiger partial charge < -0.3 is 13.9 Å². The molecule has 0 radical (unpaired) electrons. The minimum Gasteiger partial charge on any atom is -0.456 e. The third-order valence-electron chi connectivity index (χ3n) is 9.76. The third kappa shape index (κ3) is 4.44. The Kier molecular flexibility index (Phi) is 6.18. The van der Waals surface area contributed by atoms with Gasteiger partial charge in [0, 0.05) is 50.4 Å². The summed E-state index contributed by atoms with van der Waals surface area (Å²) in [6.45, 7) is 0. The maximum atomic E-state index is 6.36. The van der Waals surface area contributed by atoms with Crippen molar-refractivity contribution in [2.45, 2.75) is 0 Å². The van der Waals surface area contributed by atoms with E-state index in [1.165, 1.54) is 43.7 Å². The molecular weight excluding hydrogens is 597 g/mol. The lowest BCUT2D eigenvalue weighted by atomic mass is 10.0. The molecule has 0 aliphatic heterocycles. The normalized spacial score (nSPS) is 11.7. The summed E-state index contributed by atoms with van der Waals surface area (Å²) in [6, 6.07) is 64.9. The lowest BCUT2D eigenvalue weighted by Crippen LogP contribution is -2.09. The van der Waals surface area contributed by atoms with Gasteiger partial charge in [0.15, 0.2) is 0 Å². The van der Waals surface area contributed by atoms with Crippen molar-refractivity contribution in [3.05, 3.63) is 182 Å². The molecule has 2 aromatic heterocycles. The van der Waals surface area contributed by atoms with Crippen molar-refractivity contribution < 1.29 is 4.42 Å². The van der Waals surface area contributed by atoms with Crippen LogP contribution in [0.15, 0.2) is 186 Å². The highest BCUT2D eigenvalue weighted by atomic mass is 16.3. The SMILES string of the molecule is c1ccc(-c2ccc(N(c3ccc4c(ccc5c4c4ccccc4n5-c4ccccc4)c3)c3ccc4c(c3)oc3ccccc34)cc2)cc1. The van der Waals surface area contributed by atoms with E-state index in [0.29, 0.717) is 0 Å². The minimum atomic E-state index is 0.876. The van der Waals surface area contributed by atoms with Gasteiger partial charge in [-0.2, -0.15) is 0 Å². The van der Waals surface area contributed by atoms with Crippen LogP contribution in [0.25, 0.3) is 71.3 Å². The molecule has 0 saturated heterocycles. The molecule has 0 spiro atoms. The maximum absolute atomic E-state index is 6.36. The molecule has 49 heavy (non-hydrogen) atoms. The number of para-hydroxylation sites is 3. The molecule has 0 aliphatic carbocycles. The van der Waals surface area contributed by atoms with Gasteiger partial charge in [0.1, 0.15) is 11.2 Å². The average Bonchev–Trinajstić information content (AvgIpc) is 3.71. The fraction of sp³-hybridized carbons (Fsp3) is 0. The molecule has 0 saturated carbocycles. The number of hydrogen-bond acceptors (Lipinski definition) is 2. The predicted octanol–water partition coefficient (Wildman–Crippen LogP) is 13.0. The van der Waals surface area contributed by atoms with Crippen molar-refractivity contribution in [1.82, 2.24) is 4.57 Å². The quantitative estimate of drug-likeness (QED) is 0.190. The van der Waals surface area contributed by atoms with E-state index in [1.807, 2.05) is 12.1 Å². The van der Waals surface area contributed by atoms with Crippen LogP contribution >= 0.6 is 0 Å². The summed E-state index contributed by atoms with van der Waals surface area (Å²) in [4.78, 5) is 2.33. The maximum Gasteiger partial charge on any atom is 0.137 e. The monoisotopic (exact) mass is 626 g/mol. The molecular formula is C46H30N2O. The second-order valence-electron chi connectivity index (χ2n) is 12.6. The topological polar surface area (TPSA) is 21.3 Å². The van der Waals surface area contributed by atoms with E-state index in [2.05, 4.69) is 179 Å². The first-order valence-electron chi connectivity index (χ1n) is 16.7. The Morgan fingerprint density at radius 2 is 1.00 bits per heavy atom. The summed E-state index contributed by atoms with van der Waals surface area (Å²) in [5.74, 6) is 0. The second kappa shape index (κ2) is 11.0. The molecule has 0 bridgehead atoms. The standard InChI is InChI=1S/C46H30N2O/c1-3-11-31(12-4-1)32-19-22-35(23-20-32)47(37-25-27-40-39-15-8-10-18-44(39)49-45(40)30-37)36-24-26-38-33(29-36)21-28-43-46(38)41-16-7-9-17-42(41)48(43)34-13-5-2-6-14-34/h1-30H. The first-order chi connectivity index (χ1) is 24.3. The van der Waals surface area contributed by atoms with Crippen molar-refractivity contribution >= 4 is 71.6 Å².